The standard InChI is InChI=1S/C24H28N6O5/c1-2-25-24(34)30-12-8-16-13-17(5-6-20(16)30)35-18-7-9-26-21(14-18)28-23(33)27-19(15-31)22(32)29-10-3-4-11-29/h5-9,12-14,19,31H,2-4,10-11,15H2,1H3,(H,25,34)(H2,26,27,28,33)/t19-/m1/s1. The summed E-state index contributed by atoms with van der Waals surface area (Å²) in [5, 5.41) is 18.2. The normalized spacial score (nSPS) is 13.9. The average Bonchev–Trinajstić information content (AvgIpc) is 3.53. The second-order valence-corrected chi connectivity index (χ2v) is 8.09. The van der Waals surface area contributed by atoms with Gasteiger partial charge in [-0.1, -0.05) is 0 Å². The van der Waals surface area contributed by atoms with Crippen LogP contribution in [0.1, 0.15) is 19.8 Å². The van der Waals surface area contributed by atoms with E-state index in [9.17, 15) is 19.5 Å². The number of aliphatic hydroxyl groups excluding tert-OH is 1. The molecule has 0 radical (unpaired) electrons. The Labute approximate surface area is 202 Å². The number of nitrogens with one attached hydrogen (secondary N) is 3. The van der Waals surface area contributed by atoms with Crippen molar-refractivity contribution in [2.24, 2.45) is 0 Å². The van der Waals surface area contributed by atoms with Crippen molar-refractivity contribution in [3.63, 3.8) is 0 Å². The van der Waals surface area contributed by atoms with E-state index in [-0.39, 0.29) is 17.8 Å². The van der Waals surface area contributed by atoms with Crippen LogP contribution in [0.4, 0.5) is 15.4 Å². The van der Waals surface area contributed by atoms with E-state index in [4.69, 9.17) is 4.74 Å². The molecule has 0 saturated carbocycles. The molecule has 3 aromatic rings. The molecular formula is C24H28N6O5. The minimum atomic E-state index is -1.02. The fourth-order valence-corrected chi connectivity index (χ4v) is 3.93. The van der Waals surface area contributed by atoms with Crippen LogP contribution in [0.15, 0.2) is 48.8 Å². The van der Waals surface area contributed by atoms with E-state index in [1.807, 2.05) is 13.0 Å². The number of pyridine rings is 1. The van der Waals surface area contributed by atoms with Gasteiger partial charge in [-0.2, -0.15) is 0 Å². The topological polar surface area (TPSA) is 138 Å². The molecule has 11 nitrogen and oxygen atoms in total. The van der Waals surface area contributed by atoms with Crippen LogP contribution in [0.2, 0.25) is 0 Å². The largest absolute Gasteiger partial charge is 0.457 e. The first-order valence-electron chi connectivity index (χ1n) is 11.5. The molecule has 2 aromatic heterocycles. The molecule has 4 N–H and O–H groups in total. The molecule has 1 aromatic carbocycles. The number of carbonyl (C=O) groups excluding carboxylic acids is 3. The average molecular weight is 481 g/mol. The summed E-state index contributed by atoms with van der Waals surface area (Å²) in [6, 6.07) is 8.46. The van der Waals surface area contributed by atoms with Crippen molar-refractivity contribution < 1.29 is 24.2 Å². The van der Waals surface area contributed by atoms with Crippen LogP contribution in [-0.2, 0) is 4.79 Å². The van der Waals surface area contributed by atoms with E-state index in [1.165, 1.54) is 10.8 Å². The van der Waals surface area contributed by atoms with Gasteiger partial charge in [0, 0.05) is 43.5 Å². The summed E-state index contributed by atoms with van der Waals surface area (Å²) in [7, 11) is 0. The Morgan fingerprint density at radius 1 is 1.11 bits per heavy atom. The van der Waals surface area contributed by atoms with Crippen LogP contribution < -0.4 is 20.7 Å². The maximum atomic E-state index is 12.5. The highest BCUT2D eigenvalue weighted by Gasteiger charge is 2.27. The number of likely N-dealkylation sites (tertiary alicyclic amines) is 1. The number of amides is 4. The van der Waals surface area contributed by atoms with Crippen molar-refractivity contribution in [2.45, 2.75) is 25.8 Å². The highest BCUT2D eigenvalue weighted by Crippen LogP contribution is 2.27. The Morgan fingerprint density at radius 3 is 2.63 bits per heavy atom. The van der Waals surface area contributed by atoms with Gasteiger partial charge in [-0.3, -0.25) is 14.7 Å². The third kappa shape index (κ3) is 5.69. The number of ether oxygens (including phenoxy) is 1. The number of hydrogen-bond acceptors (Lipinski definition) is 6. The van der Waals surface area contributed by atoms with E-state index < -0.39 is 18.7 Å². The lowest BCUT2D eigenvalue weighted by atomic mass is 10.2. The highest BCUT2D eigenvalue weighted by molar-refractivity contribution is 5.94. The molecule has 0 unspecified atom stereocenters. The SMILES string of the molecule is CCNC(=O)n1ccc2cc(Oc3ccnc(NC(=O)N[C@H](CO)C(=O)N4CCCC4)c3)ccc21. The van der Waals surface area contributed by atoms with Crippen LogP contribution in [-0.4, -0.2) is 69.8 Å². The molecule has 1 aliphatic rings. The maximum Gasteiger partial charge on any atom is 0.326 e. The number of carbonyl (C=O) groups is 3. The summed E-state index contributed by atoms with van der Waals surface area (Å²) in [4.78, 5) is 42.7. The van der Waals surface area contributed by atoms with Crippen molar-refractivity contribution >= 4 is 34.7 Å². The van der Waals surface area contributed by atoms with Gasteiger partial charge in [0.05, 0.1) is 12.1 Å². The van der Waals surface area contributed by atoms with Gasteiger partial charge in [0.1, 0.15) is 23.4 Å². The molecule has 0 bridgehead atoms. The maximum absolute atomic E-state index is 12.5. The first kappa shape index (κ1) is 24.0. The zero-order valence-corrected chi connectivity index (χ0v) is 19.4. The molecule has 4 amide bonds. The van der Waals surface area contributed by atoms with Crippen LogP contribution in [0, 0.1) is 0 Å². The quantitative estimate of drug-likeness (QED) is 0.410. The smallest absolute Gasteiger partial charge is 0.326 e. The zero-order chi connectivity index (χ0) is 24.8. The van der Waals surface area contributed by atoms with Crippen molar-refractivity contribution in [3.05, 3.63) is 48.8 Å². The lowest BCUT2D eigenvalue weighted by Crippen LogP contribution is -2.50. The molecule has 11 heteroatoms. The predicted molar refractivity (Wildman–Crippen MR) is 130 cm³/mol. The van der Waals surface area contributed by atoms with Gasteiger partial charge in [0.15, 0.2) is 0 Å². The number of hydrogen-bond donors (Lipinski definition) is 4. The van der Waals surface area contributed by atoms with Gasteiger partial charge in [0.2, 0.25) is 5.91 Å². The van der Waals surface area contributed by atoms with Crippen molar-refractivity contribution in [2.75, 3.05) is 31.6 Å². The summed E-state index contributed by atoms with van der Waals surface area (Å²) in [6.45, 7) is 3.15. The number of fused-ring (bicyclic) bond motifs is 1. The van der Waals surface area contributed by atoms with Crippen LogP contribution in [0.5, 0.6) is 11.5 Å². The van der Waals surface area contributed by atoms with E-state index in [1.54, 1.807) is 41.4 Å². The van der Waals surface area contributed by atoms with Crippen LogP contribution >= 0.6 is 0 Å². The molecule has 1 saturated heterocycles. The minimum Gasteiger partial charge on any atom is -0.457 e. The fourth-order valence-electron chi connectivity index (χ4n) is 3.93. The minimum absolute atomic E-state index is 0.204. The van der Waals surface area contributed by atoms with Gasteiger partial charge >= 0.3 is 12.1 Å². The molecule has 3 heterocycles. The third-order valence-corrected chi connectivity index (χ3v) is 5.62. The van der Waals surface area contributed by atoms with E-state index in [0.717, 1.165) is 23.7 Å². The molecule has 1 atom stereocenters. The van der Waals surface area contributed by atoms with Gasteiger partial charge in [-0.05, 0) is 50.1 Å². The summed E-state index contributed by atoms with van der Waals surface area (Å²) >= 11 is 0. The van der Waals surface area contributed by atoms with Gasteiger partial charge < -0.3 is 25.4 Å². The van der Waals surface area contributed by atoms with E-state index >= 15 is 0 Å². The number of aromatic nitrogens is 2. The Hall–Kier alpha value is -4.12. The zero-order valence-electron chi connectivity index (χ0n) is 19.4. The second kappa shape index (κ2) is 10.9. The molecule has 0 spiro atoms. The molecular weight excluding hydrogens is 452 g/mol. The predicted octanol–water partition coefficient (Wildman–Crippen LogP) is 2.51. The molecule has 184 valence electrons. The van der Waals surface area contributed by atoms with Gasteiger partial charge in [-0.15, -0.1) is 0 Å². The molecule has 35 heavy (non-hydrogen) atoms. The Kier molecular flexibility index (Phi) is 7.46. The van der Waals surface area contributed by atoms with Crippen molar-refractivity contribution in [1.29, 1.82) is 0 Å². The first-order chi connectivity index (χ1) is 17.0. The summed E-state index contributed by atoms with van der Waals surface area (Å²) in [5.41, 5.74) is 0.749. The Morgan fingerprint density at radius 2 is 1.89 bits per heavy atom. The number of nitrogens with zero attached hydrogens (tertiary/aromatic N) is 3. The molecule has 1 fully saturated rings. The van der Waals surface area contributed by atoms with Crippen molar-refractivity contribution in [3.8, 4) is 11.5 Å². The molecule has 0 aliphatic carbocycles. The molecule has 4 rings (SSSR count). The van der Waals surface area contributed by atoms with Crippen molar-refractivity contribution in [1.82, 2.24) is 25.1 Å². The number of benzene rings is 1. The van der Waals surface area contributed by atoms with Crippen LogP contribution in [0.3, 0.4) is 0 Å². The second-order valence-electron chi connectivity index (χ2n) is 8.09. The van der Waals surface area contributed by atoms with Crippen LogP contribution in [0.25, 0.3) is 10.9 Å². The van der Waals surface area contributed by atoms with Gasteiger partial charge in [-0.25, -0.2) is 14.6 Å². The Bertz CT molecular complexity index is 1220. The van der Waals surface area contributed by atoms with E-state index in [2.05, 4.69) is 20.9 Å². The fraction of sp³-hybridized carbons (Fsp3) is 0.333. The lowest BCUT2D eigenvalue weighted by molar-refractivity contribution is -0.133. The number of rotatable bonds is 7. The lowest BCUT2D eigenvalue weighted by Gasteiger charge is -2.22. The van der Waals surface area contributed by atoms with E-state index in [0.29, 0.717) is 31.1 Å². The summed E-state index contributed by atoms with van der Waals surface area (Å²) in [5.74, 6) is 0.893. The van der Waals surface area contributed by atoms with Gasteiger partial charge in [0.25, 0.3) is 0 Å². The number of anilines is 1. The number of urea groups is 1. The highest BCUT2D eigenvalue weighted by atomic mass is 16.5. The number of aliphatic hydroxyl groups is 1. The Balaban J connectivity index is 1.39. The third-order valence-electron chi connectivity index (χ3n) is 5.62. The summed E-state index contributed by atoms with van der Waals surface area (Å²) in [6.07, 6.45) is 5.01. The monoisotopic (exact) mass is 480 g/mol. The molecule has 1 aliphatic heterocycles. The first-order valence-corrected chi connectivity index (χ1v) is 11.5. The summed E-state index contributed by atoms with van der Waals surface area (Å²) < 4.78 is 7.44.